The minimum absolute atomic E-state index is 0.00980. The number of benzene rings is 2. The zero-order valence-corrected chi connectivity index (χ0v) is 12.9. The Morgan fingerprint density at radius 2 is 1.74 bits per heavy atom. The van der Waals surface area contributed by atoms with E-state index in [-0.39, 0.29) is 17.9 Å². The number of phenols is 1. The van der Waals surface area contributed by atoms with Gasteiger partial charge in [-0.2, -0.15) is 0 Å². The lowest BCUT2D eigenvalue weighted by molar-refractivity contribution is 0.0463. The van der Waals surface area contributed by atoms with Crippen molar-refractivity contribution < 1.29 is 14.6 Å². The Morgan fingerprint density at radius 1 is 1.04 bits per heavy atom. The molecule has 0 bridgehead atoms. The fourth-order valence-corrected chi connectivity index (χ4v) is 2.30. The molecule has 0 spiro atoms. The lowest BCUT2D eigenvalue weighted by Crippen LogP contribution is -2.08. The molecule has 0 amide bonds. The number of carbonyl (C=O) groups excluding carboxylic acids is 1. The van der Waals surface area contributed by atoms with E-state index in [0.29, 0.717) is 17.0 Å². The Balaban J connectivity index is 1.81. The van der Waals surface area contributed by atoms with Crippen LogP contribution in [-0.2, 0) is 11.3 Å². The van der Waals surface area contributed by atoms with Gasteiger partial charge in [-0.05, 0) is 37.6 Å². The first-order valence-electron chi connectivity index (χ1n) is 7.24. The Bertz CT molecular complexity index is 891. The van der Waals surface area contributed by atoms with Crippen LogP contribution in [0.1, 0.15) is 27.3 Å². The monoisotopic (exact) mass is 308 g/mol. The highest BCUT2D eigenvalue weighted by Gasteiger charge is 2.15. The first-order valence-corrected chi connectivity index (χ1v) is 7.24. The molecule has 0 aliphatic heterocycles. The molecule has 0 unspecified atom stereocenters. The highest BCUT2D eigenvalue weighted by atomic mass is 16.5. The zero-order valence-electron chi connectivity index (χ0n) is 12.9. The molecule has 0 atom stereocenters. The lowest BCUT2D eigenvalue weighted by atomic mass is 10.1. The quantitative estimate of drug-likeness (QED) is 0.752. The minimum Gasteiger partial charge on any atom is -0.507 e. The molecular formula is C18H16N2O3. The number of aryl methyl sites for hydroxylation is 2. The Labute approximate surface area is 133 Å². The van der Waals surface area contributed by atoms with Gasteiger partial charge < -0.3 is 9.84 Å². The van der Waals surface area contributed by atoms with Gasteiger partial charge in [0, 0.05) is 0 Å². The van der Waals surface area contributed by atoms with E-state index in [1.54, 1.807) is 19.1 Å². The summed E-state index contributed by atoms with van der Waals surface area (Å²) in [6.07, 6.45) is 0. The zero-order chi connectivity index (χ0) is 16.4. The third-order valence-electron chi connectivity index (χ3n) is 3.64. The van der Waals surface area contributed by atoms with Crippen molar-refractivity contribution in [3.8, 4) is 5.75 Å². The van der Waals surface area contributed by atoms with E-state index in [2.05, 4.69) is 9.97 Å². The molecule has 23 heavy (non-hydrogen) atoms. The number of aromatic nitrogens is 2. The number of esters is 1. The average molecular weight is 308 g/mol. The smallest absolute Gasteiger partial charge is 0.342 e. The molecule has 0 radical (unpaired) electrons. The Hall–Kier alpha value is -2.95. The number of nitrogens with zero attached hydrogens (tertiary/aromatic N) is 2. The van der Waals surface area contributed by atoms with E-state index < -0.39 is 5.97 Å². The molecule has 0 saturated heterocycles. The first-order chi connectivity index (χ1) is 11.1. The van der Waals surface area contributed by atoms with Gasteiger partial charge in [-0.15, -0.1) is 0 Å². The normalized spacial score (nSPS) is 10.7. The molecule has 0 aliphatic carbocycles. The van der Waals surface area contributed by atoms with Crippen LogP contribution in [0.25, 0.3) is 11.0 Å². The SMILES string of the molecule is Cc1cccc(C(=O)OCc2nc3ccccc3nc2C)c1O. The molecule has 1 aromatic heterocycles. The van der Waals surface area contributed by atoms with Crippen molar-refractivity contribution in [3.05, 3.63) is 65.0 Å². The minimum atomic E-state index is -0.583. The van der Waals surface area contributed by atoms with Gasteiger partial charge in [-0.3, -0.25) is 0 Å². The van der Waals surface area contributed by atoms with Crippen molar-refractivity contribution in [2.45, 2.75) is 20.5 Å². The Morgan fingerprint density at radius 3 is 2.48 bits per heavy atom. The van der Waals surface area contributed by atoms with E-state index >= 15 is 0 Å². The molecule has 3 rings (SSSR count). The van der Waals surface area contributed by atoms with E-state index in [0.717, 1.165) is 11.0 Å². The molecule has 0 saturated carbocycles. The molecule has 5 nitrogen and oxygen atoms in total. The largest absolute Gasteiger partial charge is 0.507 e. The van der Waals surface area contributed by atoms with Crippen LogP contribution in [-0.4, -0.2) is 21.0 Å². The van der Waals surface area contributed by atoms with Crippen molar-refractivity contribution in [3.63, 3.8) is 0 Å². The van der Waals surface area contributed by atoms with Crippen molar-refractivity contribution in [2.24, 2.45) is 0 Å². The standard InChI is InChI=1S/C18H16N2O3/c1-11-6-5-7-13(17(11)21)18(22)23-10-16-12(2)19-14-8-3-4-9-15(14)20-16/h3-9,21H,10H2,1-2H3. The van der Waals surface area contributed by atoms with E-state index in [1.807, 2.05) is 31.2 Å². The van der Waals surface area contributed by atoms with E-state index in [9.17, 15) is 9.90 Å². The van der Waals surface area contributed by atoms with Crippen LogP contribution in [0.5, 0.6) is 5.75 Å². The summed E-state index contributed by atoms with van der Waals surface area (Å²) in [5.74, 6) is -0.639. The summed E-state index contributed by atoms with van der Waals surface area (Å²) < 4.78 is 5.28. The van der Waals surface area contributed by atoms with Gasteiger partial charge in [0.15, 0.2) is 0 Å². The second kappa shape index (κ2) is 6.04. The third-order valence-corrected chi connectivity index (χ3v) is 3.64. The number of hydrogen-bond acceptors (Lipinski definition) is 5. The highest BCUT2D eigenvalue weighted by Crippen LogP contribution is 2.22. The summed E-state index contributed by atoms with van der Waals surface area (Å²) in [7, 11) is 0. The first kappa shape index (κ1) is 15.0. The van der Waals surface area contributed by atoms with E-state index in [1.165, 1.54) is 6.07 Å². The molecule has 1 N–H and O–H groups in total. The van der Waals surface area contributed by atoms with Gasteiger partial charge in [0.1, 0.15) is 17.9 Å². The Kier molecular flexibility index (Phi) is 3.93. The van der Waals surface area contributed by atoms with Gasteiger partial charge in [0.25, 0.3) is 0 Å². The number of rotatable bonds is 3. The summed E-state index contributed by atoms with van der Waals surface area (Å²) in [6.45, 7) is 3.56. The van der Waals surface area contributed by atoms with E-state index in [4.69, 9.17) is 4.74 Å². The van der Waals surface area contributed by atoms with Crippen LogP contribution >= 0.6 is 0 Å². The number of phenolic OH excluding ortho intramolecular Hbond substituents is 1. The second-order valence-corrected chi connectivity index (χ2v) is 5.29. The number of carbonyl (C=O) groups is 1. The number of fused-ring (bicyclic) bond motifs is 1. The fourth-order valence-electron chi connectivity index (χ4n) is 2.30. The number of para-hydroxylation sites is 3. The predicted octanol–water partition coefficient (Wildman–Crippen LogP) is 3.31. The number of hydrogen-bond donors (Lipinski definition) is 1. The molecule has 1 heterocycles. The van der Waals surface area contributed by atoms with Gasteiger partial charge in [0.2, 0.25) is 0 Å². The lowest BCUT2D eigenvalue weighted by Gasteiger charge is -2.09. The molecule has 0 fully saturated rings. The van der Waals surface area contributed by atoms with Crippen LogP contribution in [0.2, 0.25) is 0 Å². The van der Waals surface area contributed by atoms with Crippen molar-refractivity contribution in [1.29, 1.82) is 0 Å². The predicted molar refractivity (Wildman–Crippen MR) is 86.2 cm³/mol. The maximum atomic E-state index is 12.1. The van der Waals surface area contributed by atoms with Crippen molar-refractivity contribution >= 4 is 17.0 Å². The van der Waals surface area contributed by atoms with Gasteiger partial charge in [-0.25, -0.2) is 14.8 Å². The van der Waals surface area contributed by atoms with Crippen LogP contribution in [0.3, 0.4) is 0 Å². The number of aromatic hydroxyl groups is 1. The molecule has 116 valence electrons. The summed E-state index contributed by atoms with van der Waals surface area (Å²) in [6, 6.07) is 12.5. The average Bonchev–Trinajstić information content (AvgIpc) is 2.55. The third kappa shape index (κ3) is 2.99. The second-order valence-electron chi connectivity index (χ2n) is 5.29. The van der Waals surface area contributed by atoms with Crippen LogP contribution < -0.4 is 0 Å². The maximum absolute atomic E-state index is 12.1. The molecule has 3 aromatic rings. The van der Waals surface area contributed by atoms with Crippen LogP contribution in [0.4, 0.5) is 0 Å². The summed E-state index contributed by atoms with van der Waals surface area (Å²) >= 11 is 0. The molecule has 5 heteroatoms. The van der Waals surface area contributed by atoms with Crippen molar-refractivity contribution in [2.75, 3.05) is 0 Å². The molecule has 0 aliphatic rings. The van der Waals surface area contributed by atoms with Gasteiger partial charge >= 0.3 is 5.97 Å². The van der Waals surface area contributed by atoms with Gasteiger partial charge in [0.05, 0.1) is 22.4 Å². The summed E-state index contributed by atoms with van der Waals surface area (Å²) in [5, 5.41) is 9.93. The summed E-state index contributed by atoms with van der Waals surface area (Å²) in [5.41, 5.74) is 3.64. The topological polar surface area (TPSA) is 72.3 Å². The fraction of sp³-hybridized carbons (Fsp3) is 0.167. The highest BCUT2D eigenvalue weighted by molar-refractivity contribution is 5.92. The van der Waals surface area contributed by atoms with Crippen LogP contribution in [0, 0.1) is 13.8 Å². The van der Waals surface area contributed by atoms with Crippen LogP contribution in [0.15, 0.2) is 42.5 Å². The maximum Gasteiger partial charge on any atom is 0.342 e. The van der Waals surface area contributed by atoms with Crippen molar-refractivity contribution in [1.82, 2.24) is 9.97 Å². The molecular weight excluding hydrogens is 292 g/mol. The summed E-state index contributed by atoms with van der Waals surface area (Å²) in [4.78, 5) is 21.1. The number of ether oxygens (including phenoxy) is 1. The van der Waals surface area contributed by atoms with Gasteiger partial charge in [-0.1, -0.05) is 24.3 Å². The molecule has 2 aromatic carbocycles.